The number of carbonyl (C=O) groups is 1. The summed E-state index contributed by atoms with van der Waals surface area (Å²) in [6, 6.07) is 25.1. The maximum Gasteiger partial charge on any atom is 0.311 e. The zero-order valence-electron chi connectivity index (χ0n) is 14.8. The summed E-state index contributed by atoms with van der Waals surface area (Å²) in [7, 11) is 0. The molecule has 0 bridgehead atoms. The maximum atomic E-state index is 12.6. The fourth-order valence-corrected chi connectivity index (χ4v) is 3.12. The van der Waals surface area contributed by atoms with Crippen LogP contribution in [0.5, 0.6) is 11.5 Å². The van der Waals surface area contributed by atoms with Gasteiger partial charge < -0.3 is 14.2 Å². The molecule has 3 aromatic carbocycles. The van der Waals surface area contributed by atoms with Gasteiger partial charge in [-0.1, -0.05) is 66.7 Å². The third-order valence-electron chi connectivity index (χ3n) is 4.41. The van der Waals surface area contributed by atoms with Crippen molar-refractivity contribution in [2.45, 2.75) is 12.5 Å². The average molecular weight is 360 g/mol. The molecule has 3 aromatic rings. The van der Waals surface area contributed by atoms with E-state index in [2.05, 4.69) is 0 Å². The van der Waals surface area contributed by atoms with Crippen LogP contribution in [-0.2, 0) is 16.0 Å². The topological polar surface area (TPSA) is 44.8 Å². The van der Waals surface area contributed by atoms with E-state index in [1.807, 2.05) is 78.9 Å². The smallest absolute Gasteiger partial charge is 0.311 e. The lowest BCUT2D eigenvalue weighted by Crippen LogP contribution is -2.17. The lowest BCUT2D eigenvalue weighted by molar-refractivity contribution is -0.146. The van der Waals surface area contributed by atoms with Gasteiger partial charge in [0.25, 0.3) is 0 Å². The van der Waals surface area contributed by atoms with Crippen LogP contribution in [0.2, 0.25) is 0 Å². The second-order valence-corrected chi connectivity index (χ2v) is 6.35. The highest BCUT2D eigenvalue weighted by molar-refractivity contribution is 5.73. The minimum absolute atomic E-state index is 0.173. The molecule has 27 heavy (non-hydrogen) atoms. The molecule has 0 N–H and O–H groups in total. The summed E-state index contributed by atoms with van der Waals surface area (Å²) in [4.78, 5) is 12.6. The fraction of sp³-hybridized carbons (Fsp3) is 0.174. The molecule has 0 saturated carbocycles. The van der Waals surface area contributed by atoms with Crippen molar-refractivity contribution in [2.75, 3.05) is 13.2 Å². The highest BCUT2D eigenvalue weighted by Crippen LogP contribution is 2.31. The third kappa shape index (κ3) is 4.11. The zero-order valence-corrected chi connectivity index (χ0v) is 14.8. The number of fused-ring (bicyclic) bond motifs is 1. The number of carbonyl (C=O) groups excluding carboxylic acids is 1. The minimum atomic E-state index is -0.433. The SMILES string of the molecule is O=C(Cc1ccc2c(c1)OCCO2)OC(c1ccccc1)c1ccccc1. The van der Waals surface area contributed by atoms with Gasteiger partial charge in [0.15, 0.2) is 17.6 Å². The Morgan fingerprint density at radius 3 is 2.04 bits per heavy atom. The standard InChI is InChI=1S/C23H20O4/c24-22(16-17-11-12-20-21(15-17)26-14-13-25-20)27-23(18-7-3-1-4-8-18)19-9-5-2-6-10-19/h1-12,15,23H,13-14,16H2. The van der Waals surface area contributed by atoms with Crippen LogP contribution >= 0.6 is 0 Å². The van der Waals surface area contributed by atoms with Crippen molar-refractivity contribution in [1.82, 2.24) is 0 Å². The van der Waals surface area contributed by atoms with Crippen molar-refractivity contribution in [3.8, 4) is 11.5 Å². The van der Waals surface area contributed by atoms with E-state index in [1.165, 1.54) is 0 Å². The van der Waals surface area contributed by atoms with Crippen molar-refractivity contribution in [3.05, 3.63) is 95.6 Å². The Morgan fingerprint density at radius 1 is 0.815 bits per heavy atom. The van der Waals surface area contributed by atoms with Crippen molar-refractivity contribution in [3.63, 3.8) is 0 Å². The second kappa shape index (κ2) is 7.96. The van der Waals surface area contributed by atoms with Crippen LogP contribution in [0.15, 0.2) is 78.9 Å². The molecule has 0 unspecified atom stereocenters. The normalized spacial score (nSPS) is 12.6. The molecule has 0 radical (unpaired) electrons. The second-order valence-electron chi connectivity index (χ2n) is 6.35. The summed E-state index contributed by atoms with van der Waals surface area (Å²) in [6.07, 6.45) is -0.260. The first-order valence-corrected chi connectivity index (χ1v) is 8.97. The first-order chi connectivity index (χ1) is 13.3. The van der Waals surface area contributed by atoms with Gasteiger partial charge in [0, 0.05) is 0 Å². The van der Waals surface area contributed by atoms with E-state index in [-0.39, 0.29) is 12.4 Å². The zero-order chi connectivity index (χ0) is 18.5. The molecule has 4 heteroatoms. The summed E-state index contributed by atoms with van der Waals surface area (Å²) < 4.78 is 17.0. The van der Waals surface area contributed by atoms with Crippen LogP contribution in [0.4, 0.5) is 0 Å². The molecular formula is C23H20O4. The molecule has 0 amide bonds. The Labute approximate surface area is 158 Å². The summed E-state index contributed by atoms with van der Waals surface area (Å²) in [5.41, 5.74) is 2.72. The summed E-state index contributed by atoms with van der Waals surface area (Å²) in [5.74, 6) is 1.10. The van der Waals surface area contributed by atoms with Gasteiger partial charge in [-0.3, -0.25) is 4.79 Å². The largest absolute Gasteiger partial charge is 0.486 e. The molecule has 0 aliphatic carbocycles. The Bertz CT molecular complexity index is 867. The predicted octanol–water partition coefficient (Wildman–Crippen LogP) is 4.33. The molecule has 1 aliphatic heterocycles. The number of hydrogen-bond acceptors (Lipinski definition) is 4. The Hall–Kier alpha value is -3.27. The quantitative estimate of drug-likeness (QED) is 0.635. The number of rotatable bonds is 5. The lowest BCUT2D eigenvalue weighted by atomic mass is 10.0. The average Bonchev–Trinajstić information content (AvgIpc) is 2.73. The van der Waals surface area contributed by atoms with Crippen LogP contribution in [0, 0.1) is 0 Å². The molecule has 0 spiro atoms. The van der Waals surface area contributed by atoms with Crippen LogP contribution in [0.1, 0.15) is 22.8 Å². The first kappa shape index (κ1) is 17.2. The van der Waals surface area contributed by atoms with E-state index in [4.69, 9.17) is 14.2 Å². The third-order valence-corrected chi connectivity index (χ3v) is 4.41. The maximum absolute atomic E-state index is 12.6. The molecule has 1 heterocycles. The van der Waals surface area contributed by atoms with E-state index >= 15 is 0 Å². The van der Waals surface area contributed by atoms with Crippen LogP contribution in [-0.4, -0.2) is 19.2 Å². The minimum Gasteiger partial charge on any atom is -0.486 e. The van der Waals surface area contributed by atoms with Crippen LogP contribution in [0.3, 0.4) is 0 Å². The predicted molar refractivity (Wildman–Crippen MR) is 102 cm³/mol. The fourth-order valence-electron chi connectivity index (χ4n) is 3.12. The molecular weight excluding hydrogens is 340 g/mol. The highest BCUT2D eigenvalue weighted by Gasteiger charge is 2.20. The van der Waals surface area contributed by atoms with Crippen LogP contribution in [0.25, 0.3) is 0 Å². The first-order valence-electron chi connectivity index (χ1n) is 8.97. The molecule has 4 rings (SSSR count). The molecule has 0 saturated heterocycles. The summed E-state index contributed by atoms with van der Waals surface area (Å²) >= 11 is 0. The number of benzene rings is 3. The highest BCUT2D eigenvalue weighted by atomic mass is 16.6. The van der Waals surface area contributed by atoms with Gasteiger partial charge >= 0.3 is 5.97 Å². The number of hydrogen-bond donors (Lipinski definition) is 0. The van der Waals surface area contributed by atoms with E-state index < -0.39 is 6.10 Å². The summed E-state index contributed by atoms with van der Waals surface area (Å²) in [6.45, 7) is 1.06. The molecule has 4 nitrogen and oxygen atoms in total. The van der Waals surface area contributed by atoms with Gasteiger partial charge in [-0.05, 0) is 28.8 Å². The van der Waals surface area contributed by atoms with Crippen molar-refractivity contribution < 1.29 is 19.0 Å². The van der Waals surface area contributed by atoms with E-state index in [0.29, 0.717) is 24.7 Å². The van der Waals surface area contributed by atoms with Gasteiger partial charge in [-0.25, -0.2) is 0 Å². The molecule has 0 aromatic heterocycles. The molecule has 1 aliphatic rings. The monoisotopic (exact) mass is 360 g/mol. The molecule has 0 fully saturated rings. The van der Waals surface area contributed by atoms with Crippen LogP contribution < -0.4 is 9.47 Å². The van der Waals surface area contributed by atoms with Crippen molar-refractivity contribution in [1.29, 1.82) is 0 Å². The van der Waals surface area contributed by atoms with Gasteiger partial charge in [0.1, 0.15) is 13.2 Å². The summed E-state index contributed by atoms with van der Waals surface area (Å²) in [5, 5.41) is 0. The number of ether oxygens (including phenoxy) is 3. The molecule has 0 atom stereocenters. The van der Waals surface area contributed by atoms with Crippen molar-refractivity contribution in [2.24, 2.45) is 0 Å². The van der Waals surface area contributed by atoms with Gasteiger partial charge in [0.05, 0.1) is 6.42 Å². The van der Waals surface area contributed by atoms with Gasteiger partial charge in [0.2, 0.25) is 0 Å². The van der Waals surface area contributed by atoms with E-state index in [9.17, 15) is 4.79 Å². The Morgan fingerprint density at radius 2 is 1.41 bits per heavy atom. The Balaban J connectivity index is 1.52. The van der Waals surface area contributed by atoms with Crippen molar-refractivity contribution >= 4 is 5.97 Å². The molecule has 136 valence electrons. The number of esters is 1. The van der Waals surface area contributed by atoms with Gasteiger partial charge in [-0.15, -0.1) is 0 Å². The van der Waals surface area contributed by atoms with Gasteiger partial charge in [-0.2, -0.15) is 0 Å². The Kier molecular flexibility index (Phi) is 5.06. The lowest BCUT2D eigenvalue weighted by Gasteiger charge is -2.20. The van der Waals surface area contributed by atoms with E-state index in [1.54, 1.807) is 0 Å². The van der Waals surface area contributed by atoms with E-state index in [0.717, 1.165) is 16.7 Å².